The average molecular weight is 516 g/mol. The quantitative estimate of drug-likeness (QED) is 0.347. The van der Waals surface area contributed by atoms with Crippen LogP contribution in [0.4, 0.5) is 0 Å². The van der Waals surface area contributed by atoms with Crippen molar-refractivity contribution in [1.29, 1.82) is 0 Å². The molecule has 0 atom stereocenters. The topological polar surface area (TPSA) is 108 Å². The summed E-state index contributed by atoms with van der Waals surface area (Å²) in [7, 11) is 0. The van der Waals surface area contributed by atoms with Crippen molar-refractivity contribution in [3.63, 3.8) is 0 Å². The number of pyridine rings is 1. The molecule has 3 aromatic heterocycles. The lowest BCUT2D eigenvalue weighted by molar-refractivity contribution is 0.300. The molecule has 4 heterocycles. The van der Waals surface area contributed by atoms with Crippen LogP contribution >= 0.6 is 11.6 Å². The van der Waals surface area contributed by atoms with Crippen molar-refractivity contribution in [2.24, 2.45) is 0 Å². The number of benzene rings is 2. The maximum atomic E-state index is 11.7. The molecule has 0 unspecified atom stereocenters. The third-order valence-electron chi connectivity index (χ3n) is 6.31. The molecule has 37 heavy (non-hydrogen) atoms. The molecule has 1 N–H and O–H groups in total. The number of fused-ring (bicyclic) bond motifs is 3. The molecule has 1 aliphatic heterocycles. The molecule has 0 saturated heterocycles. The molecule has 0 saturated carbocycles. The third-order valence-corrected chi connectivity index (χ3v) is 6.62. The van der Waals surface area contributed by atoms with E-state index in [2.05, 4.69) is 38.3 Å². The van der Waals surface area contributed by atoms with E-state index in [1.54, 1.807) is 12.3 Å². The number of aromatic amines is 1. The van der Waals surface area contributed by atoms with Gasteiger partial charge in [0.15, 0.2) is 11.5 Å². The van der Waals surface area contributed by atoms with Gasteiger partial charge in [0, 0.05) is 17.3 Å². The van der Waals surface area contributed by atoms with Gasteiger partial charge in [-0.15, -0.1) is 0 Å². The van der Waals surface area contributed by atoms with E-state index >= 15 is 0 Å². The van der Waals surface area contributed by atoms with Crippen LogP contribution in [0.5, 0.6) is 11.8 Å². The third kappa shape index (κ3) is 4.07. The fourth-order valence-corrected chi connectivity index (χ4v) is 4.84. The van der Waals surface area contributed by atoms with Crippen molar-refractivity contribution >= 4 is 33.9 Å². The van der Waals surface area contributed by atoms with Gasteiger partial charge in [-0.25, -0.2) is 9.78 Å². The largest absolute Gasteiger partial charge is 0.488 e. The zero-order valence-electron chi connectivity index (χ0n) is 20.1. The molecule has 10 heteroatoms. The number of imidazole rings is 1. The Hall–Kier alpha value is -4.37. The summed E-state index contributed by atoms with van der Waals surface area (Å²) in [5, 5.41) is 4.44. The van der Waals surface area contributed by atoms with Gasteiger partial charge in [-0.3, -0.25) is 14.1 Å². The molecule has 0 amide bonds. The Morgan fingerprint density at radius 1 is 1.19 bits per heavy atom. The standard InChI is InChI=1S/C27H22ClN5O4/c1-3-35-26-30-23-20(28)10-11-29-25(23)33(26)13-16-8-9-18-17(12-16)14-36-21-7-5-4-6-19(21)22(18)15(2)24-31-27(34)37-32-24/h4-12H,3,13-14H2,1-2H3,(H,31,32,34). The van der Waals surface area contributed by atoms with Crippen LogP contribution in [0.1, 0.15) is 41.9 Å². The molecule has 1 aliphatic rings. The number of para-hydroxylation sites is 1. The summed E-state index contributed by atoms with van der Waals surface area (Å²) in [4.78, 5) is 23.4. The Labute approximate surface area is 216 Å². The average Bonchev–Trinajstić information content (AvgIpc) is 3.44. The SMILES string of the molecule is CCOc1nc2c(Cl)ccnc2n1Cc1ccc2c(c1)COc1ccccc1C2=C(C)c1noc(=O)[nH]1. The molecule has 6 rings (SSSR count). The summed E-state index contributed by atoms with van der Waals surface area (Å²) < 4.78 is 18.7. The van der Waals surface area contributed by atoms with Crippen LogP contribution in [0.15, 0.2) is 64.0 Å². The highest BCUT2D eigenvalue weighted by molar-refractivity contribution is 6.34. The molecule has 0 bridgehead atoms. The lowest BCUT2D eigenvalue weighted by Crippen LogP contribution is -2.07. The van der Waals surface area contributed by atoms with Gasteiger partial charge in [0.05, 0.1) is 18.2 Å². The minimum Gasteiger partial charge on any atom is -0.488 e. The Morgan fingerprint density at radius 2 is 2.05 bits per heavy atom. The summed E-state index contributed by atoms with van der Waals surface area (Å²) in [6.45, 7) is 5.14. The zero-order valence-corrected chi connectivity index (χ0v) is 20.9. The van der Waals surface area contributed by atoms with Gasteiger partial charge >= 0.3 is 5.76 Å². The molecule has 2 aromatic carbocycles. The normalized spacial score (nSPS) is 14.0. The lowest BCUT2D eigenvalue weighted by Gasteiger charge is -2.15. The van der Waals surface area contributed by atoms with E-state index in [-0.39, 0.29) is 0 Å². The zero-order chi connectivity index (χ0) is 25.5. The Balaban J connectivity index is 1.48. The molecule has 0 fully saturated rings. The van der Waals surface area contributed by atoms with Crippen molar-refractivity contribution in [3.8, 4) is 11.8 Å². The highest BCUT2D eigenvalue weighted by Crippen LogP contribution is 2.40. The van der Waals surface area contributed by atoms with Crippen LogP contribution < -0.4 is 15.2 Å². The van der Waals surface area contributed by atoms with Crippen molar-refractivity contribution in [1.82, 2.24) is 24.7 Å². The minimum atomic E-state index is -0.602. The first-order valence-electron chi connectivity index (χ1n) is 11.8. The maximum absolute atomic E-state index is 11.7. The van der Waals surface area contributed by atoms with Gasteiger partial charge in [-0.1, -0.05) is 47.1 Å². The molecule has 0 radical (unpaired) electrons. The van der Waals surface area contributed by atoms with Gasteiger partial charge in [-0.05, 0) is 54.3 Å². The number of allylic oxidation sites excluding steroid dienone is 1. The molecule has 0 spiro atoms. The van der Waals surface area contributed by atoms with Crippen molar-refractivity contribution < 1.29 is 14.0 Å². The summed E-state index contributed by atoms with van der Waals surface area (Å²) in [6.07, 6.45) is 1.66. The summed E-state index contributed by atoms with van der Waals surface area (Å²) >= 11 is 6.37. The van der Waals surface area contributed by atoms with E-state index in [9.17, 15) is 4.79 Å². The van der Waals surface area contributed by atoms with Crippen molar-refractivity contribution in [2.45, 2.75) is 27.0 Å². The number of hydrogen-bond acceptors (Lipinski definition) is 7. The van der Waals surface area contributed by atoms with Gasteiger partial charge in [0.25, 0.3) is 6.01 Å². The van der Waals surface area contributed by atoms with E-state index in [1.807, 2.05) is 42.7 Å². The Morgan fingerprint density at radius 3 is 2.86 bits per heavy atom. The summed E-state index contributed by atoms with van der Waals surface area (Å²) in [6, 6.07) is 16.2. The predicted molar refractivity (Wildman–Crippen MR) is 139 cm³/mol. The van der Waals surface area contributed by atoms with Crippen LogP contribution in [0.25, 0.3) is 22.3 Å². The van der Waals surface area contributed by atoms with Gasteiger partial charge in [-0.2, -0.15) is 4.98 Å². The molecule has 5 aromatic rings. The predicted octanol–water partition coefficient (Wildman–Crippen LogP) is 5.08. The van der Waals surface area contributed by atoms with E-state index in [0.29, 0.717) is 47.8 Å². The number of aromatic nitrogens is 5. The first-order valence-corrected chi connectivity index (χ1v) is 12.2. The number of rotatable bonds is 5. The monoisotopic (exact) mass is 515 g/mol. The van der Waals surface area contributed by atoms with Gasteiger partial charge < -0.3 is 9.47 Å². The first-order chi connectivity index (χ1) is 18.0. The number of nitrogens with one attached hydrogen (secondary N) is 1. The van der Waals surface area contributed by atoms with E-state index in [0.717, 1.165) is 39.1 Å². The second kappa shape index (κ2) is 9.25. The fourth-order valence-electron chi connectivity index (χ4n) is 4.65. The number of halogens is 1. The number of nitrogens with zero attached hydrogens (tertiary/aromatic N) is 4. The fraction of sp³-hybridized carbons (Fsp3) is 0.185. The van der Waals surface area contributed by atoms with Crippen molar-refractivity contribution in [3.05, 3.63) is 98.4 Å². The molecule has 0 aliphatic carbocycles. The molecular weight excluding hydrogens is 494 g/mol. The van der Waals surface area contributed by atoms with Crippen LogP contribution in [-0.2, 0) is 13.2 Å². The van der Waals surface area contributed by atoms with Crippen LogP contribution in [-0.4, -0.2) is 31.3 Å². The van der Waals surface area contributed by atoms with E-state index in [1.165, 1.54) is 0 Å². The van der Waals surface area contributed by atoms with Crippen LogP contribution in [0.3, 0.4) is 0 Å². The molecular formula is C27H22ClN5O4. The van der Waals surface area contributed by atoms with E-state index in [4.69, 9.17) is 25.6 Å². The number of hydrogen-bond donors (Lipinski definition) is 1. The Kier molecular flexibility index (Phi) is 5.77. The number of ether oxygens (including phenoxy) is 2. The maximum Gasteiger partial charge on any atom is 0.439 e. The Bertz CT molecular complexity index is 1730. The van der Waals surface area contributed by atoms with Gasteiger partial charge in [0.2, 0.25) is 0 Å². The van der Waals surface area contributed by atoms with Crippen LogP contribution in [0.2, 0.25) is 5.02 Å². The highest BCUT2D eigenvalue weighted by Gasteiger charge is 2.24. The van der Waals surface area contributed by atoms with Crippen LogP contribution in [0, 0.1) is 0 Å². The highest BCUT2D eigenvalue weighted by atomic mass is 35.5. The number of H-pyrrole nitrogens is 1. The molecule has 9 nitrogen and oxygen atoms in total. The van der Waals surface area contributed by atoms with Gasteiger partial charge in [0.1, 0.15) is 17.9 Å². The lowest BCUT2D eigenvalue weighted by atomic mass is 9.89. The first kappa shape index (κ1) is 23.1. The van der Waals surface area contributed by atoms with E-state index < -0.39 is 5.76 Å². The second-order valence-electron chi connectivity index (χ2n) is 8.60. The summed E-state index contributed by atoms with van der Waals surface area (Å²) in [5.74, 6) is 0.523. The molecule has 186 valence electrons. The second-order valence-corrected chi connectivity index (χ2v) is 9.01. The minimum absolute atomic E-state index is 0.374. The van der Waals surface area contributed by atoms with Crippen molar-refractivity contribution in [2.75, 3.05) is 6.61 Å². The summed E-state index contributed by atoms with van der Waals surface area (Å²) in [5.41, 5.74) is 6.84. The smallest absolute Gasteiger partial charge is 0.439 e.